The van der Waals surface area contributed by atoms with Crippen LogP contribution < -0.4 is 10.2 Å². The van der Waals surface area contributed by atoms with Crippen molar-refractivity contribution in [3.63, 3.8) is 0 Å². The Bertz CT molecular complexity index is 719. The molecule has 0 spiro atoms. The molecule has 148 valence electrons. The number of furan rings is 1. The Kier molecular flexibility index (Phi) is 7.17. The molecule has 0 unspecified atom stereocenters. The molecule has 0 aromatic carbocycles. The predicted octanol–water partition coefficient (Wildman–Crippen LogP) is 2.01. The minimum Gasteiger partial charge on any atom is -0.467 e. The van der Waals surface area contributed by atoms with Gasteiger partial charge in [0.05, 0.1) is 25.2 Å². The van der Waals surface area contributed by atoms with Gasteiger partial charge in [0.2, 0.25) is 11.9 Å². The summed E-state index contributed by atoms with van der Waals surface area (Å²) in [6.07, 6.45) is 4.06. The van der Waals surface area contributed by atoms with Crippen LogP contribution in [-0.4, -0.2) is 59.8 Å². The Labute approximate surface area is 163 Å². The number of nitrogens with zero attached hydrogens (tertiary/aromatic N) is 4. The molecule has 1 N–H and O–H groups in total. The molecule has 27 heavy (non-hydrogen) atoms. The molecule has 8 nitrogen and oxygen atoms in total. The number of piperidine rings is 1. The third-order valence-electron chi connectivity index (χ3n) is 4.49. The van der Waals surface area contributed by atoms with Gasteiger partial charge < -0.3 is 19.4 Å². The normalized spacial score (nSPS) is 17.3. The van der Waals surface area contributed by atoms with Gasteiger partial charge in [-0.2, -0.15) is 0 Å². The fourth-order valence-electron chi connectivity index (χ4n) is 3.16. The lowest BCUT2D eigenvalue weighted by Gasteiger charge is -2.31. The van der Waals surface area contributed by atoms with Crippen molar-refractivity contribution < 1.29 is 13.9 Å². The number of hydrogen-bond acceptors (Lipinski definition) is 7. The molecule has 1 fully saturated rings. The Morgan fingerprint density at radius 2 is 2.37 bits per heavy atom. The molecule has 0 bridgehead atoms. The highest BCUT2D eigenvalue weighted by molar-refractivity contribution is 7.99. The molecule has 1 atom stereocenters. The maximum atomic E-state index is 12.0. The molecular formula is C18H27N5O3S. The van der Waals surface area contributed by atoms with E-state index in [1.165, 1.54) is 18.2 Å². The summed E-state index contributed by atoms with van der Waals surface area (Å²) in [5.41, 5.74) is 0. The highest BCUT2D eigenvalue weighted by Gasteiger charge is 2.24. The van der Waals surface area contributed by atoms with Crippen LogP contribution in [0.2, 0.25) is 0 Å². The minimum atomic E-state index is -0.0438. The van der Waals surface area contributed by atoms with E-state index in [0.29, 0.717) is 25.6 Å². The molecule has 0 radical (unpaired) electrons. The number of anilines is 1. The van der Waals surface area contributed by atoms with Crippen molar-refractivity contribution in [1.29, 1.82) is 0 Å². The molecule has 0 aliphatic carbocycles. The van der Waals surface area contributed by atoms with Crippen LogP contribution in [0.5, 0.6) is 0 Å². The predicted molar refractivity (Wildman–Crippen MR) is 104 cm³/mol. The van der Waals surface area contributed by atoms with Gasteiger partial charge in [-0.3, -0.25) is 9.36 Å². The van der Waals surface area contributed by atoms with Gasteiger partial charge in [-0.1, -0.05) is 18.7 Å². The van der Waals surface area contributed by atoms with Crippen LogP contribution in [0, 0.1) is 5.92 Å². The number of nitrogens with one attached hydrogen (secondary N) is 1. The van der Waals surface area contributed by atoms with E-state index < -0.39 is 0 Å². The van der Waals surface area contributed by atoms with Crippen molar-refractivity contribution in [3.8, 4) is 0 Å². The van der Waals surface area contributed by atoms with Crippen molar-refractivity contribution in [2.45, 2.75) is 31.5 Å². The van der Waals surface area contributed by atoms with Crippen LogP contribution in [0.4, 0.5) is 5.95 Å². The molecule has 1 aliphatic heterocycles. The van der Waals surface area contributed by atoms with E-state index >= 15 is 0 Å². The first-order valence-corrected chi connectivity index (χ1v) is 10.2. The molecule has 2 aromatic heterocycles. The largest absolute Gasteiger partial charge is 0.467 e. The summed E-state index contributed by atoms with van der Waals surface area (Å²) in [6.45, 7) is 5.77. The molecular weight excluding hydrogens is 366 g/mol. The lowest BCUT2D eigenvalue weighted by atomic mass is 10.0. The number of methoxy groups -OCH3 is 1. The zero-order valence-corrected chi connectivity index (χ0v) is 16.7. The highest BCUT2D eigenvalue weighted by atomic mass is 32.2. The Morgan fingerprint density at radius 1 is 1.48 bits per heavy atom. The molecule has 0 saturated carbocycles. The van der Waals surface area contributed by atoms with E-state index in [2.05, 4.69) is 27.3 Å². The molecule has 3 rings (SSSR count). The molecule has 1 amide bonds. The summed E-state index contributed by atoms with van der Waals surface area (Å²) >= 11 is 1.39. The van der Waals surface area contributed by atoms with Crippen molar-refractivity contribution in [3.05, 3.63) is 24.2 Å². The molecule has 1 aliphatic rings. The molecule has 9 heteroatoms. The summed E-state index contributed by atoms with van der Waals surface area (Å²) in [4.78, 5) is 14.3. The van der Waals surface area contributed by atoms with Crippen molar-refractivity contribution in [1.82, 2.24) is 20.1 Å². The summed E-state index contributed by atoms with van der Waals surface area (Å²) in [7, 11) is 1.61. The van der Waals surface area contributed by atoms with Crippen molar-refractivity contribution >= 4 is 23.6 Å². The smallest absolute Gasteiger partial charge is 0.230 e. The second kappa shape index (κ2) is 9.80. The second-order valence-electron chi connectivity index (χ2n) is 6.77. The van der Waals surface area contributed by atoms with Gasteiger partial charge in [0, 0.05) is 26.7 Å². The average molecular weight is 394 g/mol. The van der Waals surface area contributed by atoms with Crippen LogP contribution in [0.15, 0.2) is 28.0 Å². The standard InChI is InChI=1S/C18H27N5O3S/c1-14-5-3-8-22(11-14)17-20-21-18(23(17)12-15-6-4-9-26-15)27-13-16(24)19-7-10-25-2/h4,6,9,14H,3,5,7-8,10-13H2,1-2H3,(H,19,24)/t14-/m0/s1. The first kappa shape index (κ1) is 19.8. The van der Waals surface area contributed by atoms with Gasteiger partial charge in [0.15, 0.2) is 5.16 Å². The van der Waals surface area contributed by atoms with Gasteiger partial charge in [-0.15, -0.1) is 10.2 Å². The van der Waals surface area contributed by atoms with Gasteiger partial charge in [-0.25, -0.2) is 0 Å². The Morgan fingerprint density at radius 3 is 3.11 bits per heavy atom. The summed E-state index contributed by atoms with van der Waals surface area (Å²) in [5, 5.41) is 12.3. The lowest BCUT2D eigenvalue weighted by molar-refractivity contribution is -0.118. The van der Waals surface area contributed by atoms with Gasteiger partial charge >= 0.3 is 0 Å². The van der Waals surface area contributed by atoms with E-state index in [1.807, 2.05) is 16.7 Å². The van der Waals surface area contributed by atoms with Gasteiger partial charge in [0.25, 0.3) is 0 Å². The second-order valence-corrected chi connectivity index (χ2v) is 7.72. The first-order chi connectivity index (χ1) is 13.2. The lowest BCUT2D eigenvalue weighted by Crippen LogP contribution is -2.36. The quantitative estimate of drug-likeness (QED) is 0.515. The van der Waals surface area contributed by atoms with E-state index in [9.17, 15) is 4.79 Å². The van der Waals surface area contributed by atoms with Crippen molar-refractivity contribution in [2.24, 2.45) is 5.92 Å². The number of rotatable bonds is 9. The molecule has 2 aromatic rings. The molecule has 3 heterocycles. The summed E-state index contributed by atoms with van der Waals surface area (Å²) in [5.74, 6) is 2.57. The SMILES string of the molecule is COCCNC(=O)CSc1nnc(N2CCC[C@H](C)C2)n1Cc1ccco1. The monoisotopic (exact) mass is 393 g/mol. The van der Waals surface area contributed by atoms with E-state index in [1.54, 1.807) is 13.4 Å². The third-order valence-corrected chi connectivity index (χ3v) is 5.46. The van der Waals surface area contributed by atoms with Gasteiger partial charge in [0.1, 0.15) is 5.76 Å². The van der Waals surface area contributed by atoms with Gasteiger partial charge in [-0.05, 0) is 30.9 Å². The minimum absolute atomic E-state index is 0.0438. The Hall–Kier alpha value is -2.00. The number of ether oxygens (including phenoxy) is 1. The van der Waals surface area contributed by atoms with Crippen LogP contribution in [0.25, 0.3) is 0 Å². The number of amides is 1. The summed E-state index contributed by atoms with van der Waals surface area (Å²) < 4.78 is 12.5. The Balaban J connectivity index is 1.71. The van der Waals surface area contributed by atoms with Crippen LogP contribution in [0.3, 0.4) is 0 Å². The third kappa shape index (κ3) is 5.49. The number of carbonyl (C=O) groups excluding carboxylic acids is 1. The van der Waals surface area contributed by atoms with E-state index in [4.69, 9.17) is 9.15 Å². The molecule has 1 saturated heterocycles. The highest BCUT2D eigenvalue weighted by Crippen LogP contribution is 2.27. The number of hydrogen-bond donors (Lipinski definition) is 1. The number of carbonyl (C=O) groups is 1. The zero-order valence-electron chi connectivity index (χ0n) is 15.9. The fraction of sp³-hybridized carbons (Fsp3) is 0.611. The van der Waals surface area contributed by atoms with Crippen LogP contribution >= 0.6 is 11.8 Å². The van der Waals surface area contributed by atoms with Crippen LogP contribution in [0.1, 0.15) is 25.5 Å². The number of aromatic nitrogens is 3. The maximum Gasteiger partial charge on any atom is 0.230 e. The van der Waals surface area contributed by atoms with Crippen molar-refractivity contribution in [2.75, 3.05) is 44.0 Å². The first-order valence-electron chi connectivity index (χ1n) is 9.26. The maximum absolute atomic E-state index is 12.0. The fourth-order valence-corrected chi connectivity index (χ4v) is 3.93. The zero-order chi connectivity index (χ0) is 19.1. The topological polar surface area (TPSA) is 85.4 Å². The van der Waals surface area contributed by atoms with E-state index in [-0.39, 0.29) is 11.7 Å². The number of thioether (sulfide) groups is 1. The summed E-state index contributed by atoms with van der Waals surface area (Å²) in [6, 6.07) is 3.81. The van der Waals surface area contributed by atoms with Crippen LogP contribution in [-0.2, 0) is 16.1 Å². The average Bonchev–Trinajstić information content (AvgIpc) is 3.31. The van der Waals surface area contributed by atoms with E-state index in [0.717, 1.165) is 36.4 Å².